The summed E-state index contributed by atoms with van der Waals surface area (Å²) in [5.74, 6) is -0.741. The second-order valence-electron chi connectivity index (χ2n) is 8.43. The SMILES string of the molecule is CC[C@@H]1CCCCN1CCNC(=O)CN1C(=O)/C(=C/c2ccccc2F)Oc2ccccc21. The number of hydrogen-bond donors (Lipinski definition) is 1. The van der Waals surface area contributed by atoms with Gasteiger partial charge in [-0.05, 0) is 50.1 Å². The predicted molar refractivity (Wildman–Crippen MR) is 126 cm³/mol. The number of nitrogens with zero attached hydrogens (tertiary/aromatic N) is 2. The largest absolute Gasteiger partial charge is 0.449 e. The Morgan fingerprint density at radius 1 is 1.18 bits per heavy atom. The molecule has 1 saturated heterocycles. The average molecular weight is 452 g/mol. The Kier molecular flexibility index (Phi) is 7.40. The van der Waals surface area contributed by atoms with Crippen LogP contribution in [-0.2, 0) is 9.59 Å². The van der Waals surface area contributed by atoms with E-state index in [0.29, 0.717) is 24.0 Å². The summed E-state index contributed by atoms with van der Waals surface area (Å²) >= 11 is 0. The number of anilines is 1. The van der Waals surface area contributed by atoms with E-state index in [4.69, 9.17) is 4.74 Å². The lowest BCUT2D eigenvalue weighted by molar-refractivity contribution is -0.123. The van der Waals surface area contributed by atoms with Crippen LogP contribution in [0.2, 0.25) is 0 Å². The maximum Gasteiger partial charge on any atom is 0.294 e. The molecule has 0 unspecified atom stereocenters. The zero-order valence-electron chi connectivity index (χ0n) is 18.9. The van der Waals surface area contributed by atoms with Crippen molar-refractivity contribution in [2.75, 3.05) is 31.1 Å². The minimum absolute atomic E-state index is 0.0225. The summed E-state index contributed by atoms with van der Waals surface area (Å²) < 4.78 is 19.9. The predicted octanol–water partition coefficient (Wildman–Crippen LogP) is 3.97. The number of fused-ring (bicyclic) bond motifs is 1. The van der Waals surface area contributed by atoms with Crippen molar-refractivity contribution < 1.29 is 18.7 Å². The van der Waals surface area contributed by atoms with Crippen LogP contribution in [0.25, 0.3) is 6.08 Å². The van der Waals surface area contributed by atoms with Gasteiger partial charge in [-0.25, -0.2) is 4.39 Å². The monoisotopic (exact) mass is 451 g/mol. The summed E-state index contributed by atoms with van der Waals surface area (Å²) in [4.78, 5) is 29.7. The molecule has 7 heteroatoms. The van der Waals surface area contributed by atoms with Gasteiger partial charge in [0, 0.05) is 24.7 Å². The highest BCUT2D eigenvalue weighted by molar-refractivity contribution is 6.12. The maximum atomic E-state index is 14.1. The summed E-state index contributed by atoms with van der Waals surface area (Å²) in [6.45, 7) is 4.47. The molecule has 1 N–H and O–H groups in total. The molecular weight excluding hydrogens is 421 g/mol. The number of likely N-dealkylation sites (tertiary alicyclic amines) is 1. The minimum Gasteiger partial charge on any atom is -0.449 e. The van der Waals surface area contributed by atoms with Crippen molar-refractivity contribution in [3.63, 3.8) is 0 Å². The molecule has 2 aromatic rings. The molecule has 0 saturated carbocycles. The maximum absolute atomic E-state index is 14.1. The summed E-state index contributed by atoms with van der Waals surface area (Å²) in [6, 6.07) is 13.8. The fraction of sp³-hybridized carbons (Fsp3) is 0.385. The van der Waals surface area contributed by atoms with Crippen LogP contribution in [0.4, 0.5) is 10.1 Å². The molecule has 0 bridgehead atoms. The molecule has 2 aliphatic rings. The van der Waals surface area contributed by atoms with Gasteiger partial charge in [-0.1, -0.05) is 43.7 Å². The Labute approximate surface area is 194 Å². The van der Waals surface area contributed by atoms with Crippen LogP contribution in [0.15, 0.2) is 54.3 Å². The molecule has 2 aromatic carbocycles. The number of ether oxygens (including phenoxy) is 1. The summed E-state index contributed by atoms with van der Waals surface area (Å²) in [5, 5.41) is 2.95. The minimum atomic E-state index is -0.478. The number of carbonyl (C=O) groups excluding carboxylic acids is 2. The Hall–Kier alpha value is -3.19. The first-order chi connectivity index (χ1) is 16.1. The molecule has 6 nitrogen and oxygen atoms in total. The van der Waals surface area contributed by atoms with Crippen LogP contribution in [-0.4, -0.2) is 48.9 Å². The molecule has 2 amide bonds. The zero-order chi connectivity index (χ0) is 23.2. The van der Waals surface area contributed by atoms with Gasteiger partial charge in [0.1, 0.15) is 12.4 Å². The molecule has 33 heavy (non-hydrogen) atoms. The van der Waals surface area contributed by atoms with Gasteiger partial charge in [0.25, 0.3) is 5.91 Å². The molecule has 0 aliphatic carbocycles. The molecule has 2 aliphatic heterocycles. The van der Waals surface area contributed by atoms with Gasteiger partial charge in [0.05, 0.1) is 5.69 Å². The van der Waals surface area contributed by atoms with Crippen molar-refractivity contribution in [2.24, 2.45) is 0 Å². The molecule has 1 atom stereocenters. The fourth-order valence-electron chi connectivity index (χ4n) is 4.51. The number of hydrogen-bond acceptors (Lipinski definition) is 4. The number of halogens is 1. The summed E-state index contributed by atoms with van der Waals surface area (Å²) in [5.41, 5.74) is 0.766. The smallest absolute Gasteiger partial charge is 0.294 e. The van der Waals surface area contributed by atoms with Crippen molar-refractivity contribution in [1.29, 1.82) is 0 Å². The van der Waals surface area contributed by atoms with Crippen molar-refractivity contribution >= 4 is 23.6 Å². The molecule has 0 aromatic heterocycles. The highest BCUT2D eigenvalue weighted by Crippen LogP contribution is 2.35. The third-order valence-electron chi connectivity index (χ3n) is 6.27. The Bertz CT molecular complexity index is 1040. The molecule has 0 radical (unpaired) electrons. The lowest BCUT2D eigenvalue weighted by Crippen LogP contribution is -2.47. The van der Waals surface area contributed by atoms with E-state index in [2.05, 4.69) is 17.1 Å². The highest BCUT2D eigenvalue weighted by Gasteiger charge is 2.31. The number of amides is 2. The van der Waals surface area contributed by atoms with Gasteiger partial charge in [-0.15, -0.1) is 0 Å². The topological polar surface area (TPSA) is 61.9 Å². The molecule has 4 rings (SSSR count). The number of piperidine rings is 1. The van der Waals surface area contributed by atoms with Gasteiger partial charge in [0.15, 0.2) is 11.5 Å². The molecule has 0 spiro atoms. The van der Waals surface area contributed by atoms with Crippen molar-refractivity contribution in [1.82, 2.24) is 10.2 Å². The Morgan fingerprint density at radius 3 is 2.79 bits per heavy atom. The fourth-order valence-corrected chi connectivity index (χ4v) is 4.51. The zero-order valence-corrected chi connectivity index (χ0v) is 18.9. The van der Waals surface area contributed by atoms with Crippen molar-refractivity contribution in [3.05, 3.63) is 65.7 Å². The first-order valence-electron chi connectivity index (χ1n) is 11.6. The number of rotatable bonds is 7. The van der Waals surface area contributed by atoms with E-state index in [1.54, 1.807) is 42.5 Å². The summed E-state index contributed by atoms with van der Waals surface area (Å²) in [7, 11) is 0. The van der Waals surface area contributed by atoms with Crippen LogP contribution < -0.4 is 15.0 Å². The van der Waals surface area contributed by atoms with Crippen molar-refractivity contribution in [2.45, 2.75) is 38.6 Å². The van der Waals surface area contributed by atoms with E-state index >= 15 is 0 Å². The first-order valence-corrected chi connectivity index (χ1v) is 11.6. The molecule has 1 fully saturated rings. The van der Waals surface area contributed by atoms with Crippen LogP contribution in [0.5, 0.6) is 5.75 Å². The number of benzene rings is 2. The Morgan fingerprint density at radius 2 is 1.97 bits per heavy atom. The number of carbonyl (C=O) groups is 2. The number of nitrogens with one attached hydrogen (secondary N) is 1. The number of para-hydroxylation sites is 2. The van der Waals surface area contributed by atoms with Gasteiger partial charge in [-0.2, -0.15) is 0 Å². The van der Waals surface area contributed by atoms with Crippen LogP contribution in [0.1, 0.15) is 38.2 Å². The standard InChI is InChI=1S/C26H30FN3O3/c1-2-20-10-7-8-15-29(20)16-14-28-25(31)18-30-22-12-5-6-13-23(22)33-24(26(30)32)17-19-9-3-4-11-21(19)27/h3-6,9,11-13,17,20H,2,7-8,10,14-16,18H2,1H3,(H,28,31)/b24-17-/t20-/m1/s1. The van der Waals surface area contributed by atoms with E-state index in [1.807, 2.05) is 0 Å². The van der Waals surface area contributed by atoms with Gasteiger partial charge in [-0.3, -0.25) is 19.4 Å². The molecule has 2 heterocycles. The third-order valence-corrected chi connectivity index (χ3v) is 6.27. The second kappa shape index (κ2) is 10.6. The van der Waals surface area contributed by atoms with E-state index in [1.165, 1.54) is 36.3 Å². The van der Waals surface area contributed by atoms with E-state index < -0.39 is 11.7 Å². The highest BCUT2D eigenvalue weighted by atomic mass is 19.1. The molecular formula is C26H30FN3O3. The van der Waals surface area contributed by atoms with Gasteiger partial charge >= 0.3 is 0 Å². The third kappa shape index (κ3) is 5.42. The lowest BCUT2D eigenvalue weighted by Gasteiger charge is -2.35. The van der Waals surface area contributed by atoms with E-state index in [9.17, 15) is 14.0 Å². The quantitative estimate of drug-likeness (QED) is 0.647. The first kappa shape index (κ1) is 23.0. The molecule has 174 valence electrons. The van der Waals surface area contributed by atoms with Crippen molar-refractivity contribution in [3.8, 4) is 5.75 Å². The van der Waals surface area contributed by atoms with Gasteiger partial charge in [0.2, 0.25) is 5.91 Å². The normalized spacial score (nSPS) is 19.8. The second-order valence-corrected chi connectivity index (χ2v) is 8.43. The van der Waals surface area contributed by atoms with E-state index in [-0.39, 0.29) is 23.8 Å². The Balaban J connectivity index is 1.45. The average Bonchev–Trinajstić information content (AvgIpc) is 2.83. The van der Waals surface area contributed by atoms with Gasteiger partial charge < -0.3 is 10.1 Å². The van der Waals surface area contributed by atoms with Crippen LogP contribution in [0, 0.1) is 5.82 Å². The summed E-state index contributed by atoms with van der Waals surface area (Å²) in [6.07, 6.45) is 6.16. The van der Waals surface area contributed by atoms with E-state index in [0.717, 1.165) is 19.5 Å². The lowest BCUT2D eigenvalue weighted by atomic mass is 10.0. The van der Waals surface area contributed by atoms with Crippen LogP contribution in [0.3, 0.4) is 0 Å². The van der Waals surface area contributed by atoms with Crippen LogP contribution >= 0.6 is 0 Å².